The molecule has 0 aromatic rings. The van der Waals surface area contributed by atoms with Gasteiger partial charge in [0.25, 0.3) is 0 Å². The third-order valence-electron chi connectivity index (χ3n) is 4.83. The van der Waals surface area contributed by atoms with Gasteiger partial charge in [-0.1, -0.05) is 19.3 Å². The second-order valence-electron chi connectivity index (χ2n) is 8.36. The van der Waals surface area contributed by atoms with E-state index in [9.17, 15) is 4.79 Å². The number of carbonyl (C=O) groups excluding carboxylic acids is 1. The molecule has 0 saturated carbocycles. The van der Waals surface area contributed by atoms with Crippen molar-refractivity contribution in [3.05, 3.63) is 0 Å². The Labute approximate surface area is 147 Å². The number of rotatable bonds is 7. The third-order valence-corrected chi connectivity index (χ3v) is 4.83. The van der Waals surface area contributed by atoms with Crippen LogP contribution < -0.4 is 0 Å². The molecule has 2 saturated heterocycles. The number of carbonyl (C=O) groups is 1. The second-order valence-corrected chi connectivity index (χ2v) is 8.36. The smallest absolute Gasteiger partial charge is 0.410 e. The molecule has 2 fully saturated rings. The van der Waals surface area contributed by atoms with Gasteiger partial charge in [0.05, 0.1) is 13.2 Å². The molecule has 0 N–H and O–H groups in total. The Balaban J connectivity index is 1.52. The summed E-state index contributed by atoms with van der Waals surface area (Å²) in [7, 11) is 0. The minimum Gasteiger partial charge on any atom is -0.444 e. The molecular weight excluding hydrogens is 306 g/mol. The monoisotopic (exact) mass is 341 g/mol. The molecule has 140 valence electrons. The van der Waals surface area contributed by atoms with Crippen LogP contribution in [0.4, 0.5) is 4.79 Å². The maximum Gasteiger partial charge on any atom is 0.410 e. The summed E-state index contributed by atoms with van der Waals surface area (Å²) in [5, 5.41) is 0. The SMILES string of the molecule is CC(C)(C)OC(=O)N1CCC(CCCCCCC2(C)OCCO2)C1. The molecule has 5 nitrogen and oxygen atoms in total. The van der Waals surface area contributed by atoms with Crippen LogP contribution in [0.15, 0.2) is 0 Å². The van der Waals surface area contributed by atoms with Crippen LogP contribution in [0.2, 0.25) is 0 Å². The van der Waals surface area contributed by atoms with Crippen LogP contribution in [0.5, 0.6) is 0 Å². The molecule has 0 aliphatic carbocycles. The molecule has 1 unspecified atom stereocenters. The molecule has 0 radical (unpaired) electrons. The van der Waals surface area contributed by atoms with E-state index < -0.39 is 5.60 Å². The summed E-state index contributed by atoms with van der Waals surface area (Å²) in [5.41, 5.74) is -0.404. The Morgan fingerprint density at radius 1 is 1.17 bits per heavy atom. The van der Waals surface area contributed by atoms with Gasteiger partial charge in [-0.3, -0.25) is 0 Å². The maximum atomic E-state index is 12.1. The van der Waals surface area contributed by atoms with Crippen LogP contribution in [0.25, 0.3) is 0 Å². The molecular formula is C19H35NO4. The van der Waals surface area contributed by atoms with Crippen molar-refractivity contribution in [1.29, 1.82) is 0 Å². The van der Waals surface area contributed by atoms with Crippen molar-refractivity contribution >= 4 is 6.09 Å². The number of ether oxygens (including phenoxy) is 3. The lowest BCUT2D eigenvalue weighted by atomic mass is 9.99. The lowest BCUT2D eigenvalue weighted by Gasteiger charge is -2.24. The predicted molar refractivity (Wildman–Crippen MR) is 93.9 cm³/mol. The summed E-state index contributed by atoms with van der Waals surface area (Å²) in [6.07, 6.45) is 8.03. The quantitative estimate of drug-likeness (QED) is 0.646. The molecule has 0 spiro atoms. The van der Waals surface area contributed by atoms with Crippen molar-refractivity contribution in [3.8, 4) is 0 Å². The van der Waals surface area contributed by atoms with Crippen molar-refractivity contribution in [1.82, 2.24) is 4.90 Å². The van der Waals surface area contributed by atoms with Gasteiger partial charge in [0, 0.05) is 19.5 Å². The Morgan fingerprint density at radius 3 is 2.50 bits per heavy atom. The molecule has 2 heterocycles. The van der Waals surface area contributed by atoms with E-state index in [0.29, 0.717) is 5.92 Å². The number of hydrogen-bond acceptors (Lipinski definition) is 4. The Morgan fingerprint density at radius 2 is 1.83 bits per heavy atom. The lowest BCUT2D eigenvalue weighted by molar-refractivity contribution is -0.147. The second kappa shape index (κ2) is 8.52. The van der Waals surface area contributed by atoms with Gasteiger partial charge in [-0.05, 0) is 52.9 Å². The standard InChI is InChI=1S/C19H35NO4/c1-18(2,3)24-17(21)20-12-10-16(15-20)9-7-5-6-8-11-19(4)22-13-14-23-19/h16H,5-15H2,1-4H3. The van der Waals surface area contributed by atoms with Gasteiger partial charge in [-0.25, -0.2) is 4.79 Å². The number of nitrogens with zero attached hydrogens (tertiary/aromatic N) is 1. The van der Waals surface area contributed by atoms with E-state index in [0.717, 1.165) is 45.6 Å². The molecule has 0 bridgehead atoms. The number of amides is 1. The van der Waals surface area contributed by atoms with Crippen LogP contribution >= 0.6 is 0 Å². The van der Waals surface area contributed by atoms with Gasteiger partial charge in [0.2, 0.25) is 0 Å². The normalized spacial score (nSPS) is 23.7. The fourth-order valence-electron chi connectivity index (χ4n) is 3.49. The number of hydrogen-bond donors (Lipinski definition) is 0. The van der Waals surface area contributed by atoms with Crippen LogP contribution in [-0.2, 0) is 14.2 Å². The molecule has 2 aliphatic heterocycles. The van der Waals surface area contributed by atoms with Crippen molar-refractivity contribution in [2.45, 2.75) is 84.0 Å². The molecule has 2 rings (SSSR count). The highest BCUT2D eigenvalue weighted by Crippen LogP contribution is 2.27. The molecule has 1 atom stereocenters. The van der Waals surface area contributed by atoms with Gasteiger partial charge in [-0.2, -0.15) is 0 Å². The van der Waals surface area contributed by atoms with Crippen LogP contribution in [0, 0.1) is 5.92 Å². The summed E-state index contributed by atoms with van der Waals surface area (Å²) in [6, 6.07) is 0. The Hall–Kier alpha value is -0.810. The van der Waals surface area contributed by atoms with Gasteiger partial charge in [0.15, 0.2) is 5.79 Å². The minimum absolute atomic E-state index is 0.158. The fourth-order valence-corrected chi connectivity index (χ4v) is 3.49. The van der Waals surface area contributed by atoms with Gasteiger partial charge in [-0.15, -0.1) is 0 Å². The largest absolute Gasteiger partial charge is 0.444 e. The summed E-state index contributed by atoms with van der Waals surface area (Å²) >= 11 is 0. The summed E-state index contributed by atoms with van der Waals surface area (Å²) in [4.78, 5) is 13.9. The maximum absolute atomic E-state index is 12.1. The zero-order chi connectivity index (χ0) is 17.6. The molecule has 2 aliphatic rings. The van der Waals surface area contributed by atoms with E-state index in [1.54, 1.807) is 0 Å². The van der Waals surface area contributed by atoms with Gasteiger partial charge in [0.1, 0.15) is 5.60 Å². The van der Waals surface area contributed by atoms with E-state index in [1.807, 2.05) is 32.6 Å². The van der Waals surface area contributed by atoms with E-state index >= 15 is 0 Å². The minimum atomic E-state index is -0.404. The Bertz CT molecular complexity index is 399. The van der Waals surface area contributed by atoms with Crippen molar-refractivity contribution in [3.63, 3.8) is 0 Å². The zero-order valence-corrected chi connectivity index (χ0v) is 15.9. The summed E-state index contributed by atoms with van der Waals surface area (Å²) in [5.74, 6) is 0.302. The highest BCUT2D eigenvalue weighted by Gasteiger charge is 2.30. The van der Waals surface area contributed by atoms with E-state index in [1.165, 1.54) is 25.7 Å². The van der Waals surface area contributed by atoms with Crippen molar-refractivity contribution in [2.75, 3.05) is 26.3 Å². The number of likely N-dealkylation sites (tertiary alicyclic amines) is 1. The molecule has 1 amide bonds. The Kier molecular flexibility index (Phi) is 6.93. The first-order valence-corrected chi connectivity index (χ1v) is 9.53. The van der Waals surface area contributed by atoms with E-state index in [2.05, 4.69) is 0 Å². The summed E-state index contributed by atoms with van der Waals surface area (Å²) in [6.45, 7) is 10.9. The first-order valence-electron chi connectivity index (χ1n) is 9.53. The first-order chi connectivity index (χ1) is 11.3. The summed E-state index contributed by atoms with van der Waals surface area (Å²) < 4.78 is 16.7. The van der Waals surface area contributed by atoms with Crippen LogP contribution in [-0.4, -0.2) is 48.7 Å². The molecule has 0 aromatic heterocycles. The average Bonchev–Trinajstić information content (AvgIpc) is 3.10. The fraction of sp³-hybridized carbons (Fsp3) is 0.947. The average molecular weight is 341 g/mol. The van der Waals surface area contributed by atoms with Crippen molar-refractivity contribution in [2.24, 2.45) is 5.92 Å². The zero-order valence-electron chi connectivity index (χ0n) is 15.9. The highest BCUT2D eigenvalue weighted by molar-refractivity contribution is 5.68. The highest BCUT2D eigenvalue weighted by atomic mass is 16.7. The molecule has 24 heavy (non-hydrogen) atoms. The van der Waals surface area contributed by atoms with Crippen molar-refractivity contribution < 1.29 is 19.0 Å². The first kappa shape index (κ1) is 19.5. The van der Waals surface area contributed by atoms with Gasteiger partial charge >= 0.3 is 6.09 Å². The van der Waals surface area contributed by atoms with Crippen LogP contribution in [0.1, 0.15) is 72.6 Å². The topological polar surface area (TPSA) is 48.0 Å². The predicted octanol–water partition coefficient (Wildman–Crippen LogP) is 4.35. The lowest BCUT2D eigenvalue weighted by Crippen LogP contribution is -2.35. The molecule has 5 heteroatoms. The van der Waals surface area contributed by atoms with Gasteiger partial charge < -0.3 is 19.1 Å². The third kappa shape index (κ3) is 6.60. The van der Waals surface area contributed by atoms with E-state index in [4.69, 9.17) is 14.2 Å². The number of unbranched alkanes of at least 4 members (excludes halogenated alkanes) is 3. The van der Waals surface area contributed by atoms with Crippen LogP contribution in [0.3, 0.4) is 0 Å². The molecule has 0 aromatic carbocycles. The van der Waals surface area contributed by atoms with E-state index in [-0.39, 0.29) is 11.9 Å².